The van der Waals surface area contributed by atoms with Crippen LogP contribution in [0.4, 0.5) is 0 Å². The molecule has 1 rings (SSSR count). The second-order valence-corrected chi connectivity index (χ2v) is 5.00. The summed E-state index contributed by atoms with van der Waals surface area (Å²) in [6.07, 6.45) is 3.79. The van der Waals surface area contributed by atoms with Crippen LogP contribution >= 0.6 is 0 Å². The lowest BCUT2D eigenvalue weighted by Crippen LogP contribution is -2.41. The Balaban J connectivity index is 1.91. The summed E-state index contributed by atoms with van der Waals surface area (Å²) in [7, 11) is 1.64. The lowest BCUT2D eigenvalue weighted by molar-refractivity contribution is -0.121. The fraction of sp³-hybridized carbons (Fsp3) is 0.923. The van der Waals surface area contributed by atoms with Gasteiger partial charge in [0.25, 0.3) is 0 Å². The van der Waals surface area contributed by atoms with E-state index < -0.39 is 0 Å². The Hall–Kier alpha value is -0.650. The summed E-state index contributed by atoms with van der Waals surface area (Å²) in [5, 5.41) is 6.05. The average molecular weight is 257 g/mol. The van der Waals surface area contributed by atoms with Gasteiger partial charge in [-0.1, -0.05) is 0 Å². The first-order chi connectivity index (χ1) is 8.72. The van der Waals surface area contributed by atoms with Gasteiger partial charge in [0, 0.05) is 13.2 Å². The van der Waals surface area contributed by atoms with Crippen molar-refractivity contribution >= 4 is 5.91 Å². The minimum absolute atomic E-state index is 0.0423. The van der Waals surface area contributed by atoms with Crippen LogP contribution in [0.1, 0.15) is 26.2 Å². The van der Waals surface area contributed by atoms with Crippen molar-refractivity contribution in [1.82, 2.24) is 15.5 Å². The normalized spacial score (nSPS) is 17.9. The van der Waals surface area contributed by atoms with E-state index in [4.69, 9.17) is 4.74 Å². The quantitative estimate of drug-likeness (QED) is 0.580. The van der Waals surface area contributed by atoms with Gasteiger partial charge in [-0.25, -0.2) is 0 Å². The van der Waals surface area contributed by atoms with Crippen molar-refractivity contribution in [2.75, 3.05) is 46.4 Å². The van der Waals surface area contributed by atoms with Crippen LogP contribution in [-0.2, 0) is 9.53 Å². The average Bonchev–Trinajstić information content (AvgIpc) is 2.81. The Morgan fingerprint density at radius 1 is 1.39 bits per heavy atom. The number of amides is 1. The van der Waals surface area contributed by atoms with Gasteiger partial charge in [-0.05, 0) is 52.4 Å². The molecule has 18 heavy (non-hydrogen) atoms. The number of hydrogen-bond acceptors (Lipinski definition) is 4. The first-order valence-corrected chi connectivity index (χ1v) is 6.93. The predicted octanol–water partition coefficient (Wildman–Crippen LogP) is 0.213. The van der Waals surface area contributed by atoms with Crippen LogP contribution < -0.4 is 10.6 Å². The fourth-order valence-electron chi connectivity index (χ4n) is 2.25. The van der Waals surface area contributed by atoms with Crippen LogP contribution in [0.15, 0.2) is 0 Å². The topological polar surface area (TPSA) is 53.6 Å². The number of methoxy groups -OCH3 is 1. The van der Waals surface area contributed by atoms with Crippen LogP contribution in [0.5, 0.6) is 0 Å². The Bertz CT molecular complexity index is 230. The molecule has 0 spiro atoms. The number of carbonyl (C=O) groups is 1. The molecule has 1 fully saturated rings. The van der Waals surface area contributed by atoms with Gasteiger partial charge in [0.15, 0.2) is 0 Å². The molecule has 106 valence electrons. The number of nitrogens with one attached hydrogen (secondary N) is 2. The molecule has 0 aromatic heterocycles. The van der Waals surface area contributed by atoms with Gasteiger partial charge in [0.2, 0.25) is 5.91 Å². The van der Waals surface area contributed by atoms with E-state index in [-0.39, 0.29) is 11.9 Å². The van der Waals surface area contributed by atoms with Crippen molar-refractivity contribution in [2.45, 2.75) is 32.2 Å². The lowest BCUT2D eigenvalue weighted by Gasteiger charge is -2.15. The molecule has 1 saturated heterocycles. The van der Waals surface area contributed by atoms with Crippen molar-refractivity contribution in [3.8, 4) is 0 Å². The summed E-state index contributed by atoms with van der Waals surface area (Å²) in [4.78, 5) is 14.0. The smallest absolute Gasteiger partial charge is 0.234 e. The van der Waals surface area contributed by atoms with E-state index in [0.717, 1.165) is 19.5 Å². The van der Waals surface area contributed by atoms with E-state index in [1.54, 1.807) is 7.11 Å². The van der Waals surface area contributed by atoms with E-state index in [1.807, 2.05) is 6.92 Å². The van der Waals surface area contributed by atoms with Crippen molar-refractivity contribution in [3.63, 3.8) is 0 Å². The zero-order valence-corrected chi connectivity index (χ0v) is 11.7. The highest BCUT2D eigenvalue weighted by Gasteiger charge is 2.10. The molecule has 0 bridgehead atoms. The van der Waals surface area contributed by atoms with Gasteiger partial charge in [-0.15, -0.1) is 0 Å². The largest absolute Gasteiger partial charge is 0.383 e. The van der Waals surface area contributed by atoms with Crippen LogP contribution in [-0.4, -0.2) is 63.3 Å². The van der Waals surface area contributed by atoms with Crippen LogP contribution in [0.25, 0.3) is 0 Å². The third kappa shape index (κ3) is 6.93. The van der Waals surface area contributed by atoms with Gasteiger partial charge in [0.05, 0.1) is 13.2 Å². The molecule has 1 aliphatic rings. The van der Waals surface area contributed by atoms with Crippen molar-refractivity contribution in [3.05, 3.63) is 0 Å². The standard InChI is InChI=1S/C13H27N3O2/c1-12(11-18-2)15-13(17)10-14-6-5-9-16-7-3-4-8-16/h12,14H,3-11H2,1-2H3,(H,15,17). The zero-order valence-electron chi connectivity index (χ0n) is 11.7. The molecule has 1 aliphatic heterocycles. The van der Waals surface area contributed by atoms with Gasteiger partial charge in [0.1, 0.15) is 0 Å². The molecule has 0 aliphatic carbocycles. The van der Waals surface area contributed by atoms with Crippen LogP contribution in [0.2, 0.25) is 0 Å². The highest BCUT2D eigenvalue weighted by molar-refractivity contribution is 5.78. The molecule has 1 heterocycles. The summed E-state index contributed by atoms with van der Waals surface area (Å²) >= 11 is 0. The minimum Gasteiger partial charge on any atom is -0.383 e. The van der Waals surface area contributed by atoms with E-state index >= 15 is 0 Å². The van der Waals surface area contributed by atoms with Crippen molar-refractivity contribution in [1.29, 1.82) is 0 Å². The van der Waals surface area contributed by atoms with E-state index in [1.165, 1.54) is 25.9 Å². The predicted molar refractivity (Wildman–Crippen MR) is 72.6 cm³/mol. The molecule has 2 N–H and O–H groups in total. The Labute approximate surface area is 110 Å². The van der Waals surface area contributed by atoms with Crippen molar-refractivity contribution in [2.24, 2.45) is 0 Å². The van der Waals surface area contributed by atoms with Crippen molar-refractivity contribution < 1.29 is 9.53 Å². The zero-order chi connectivity index (χ0) is 13.2. The maximum Gasteiger partial charge on any atom is 0.234 e. The summed E-state index contributed by atoms with van der Waals surface area (Å²) in [6.45, 7) is 7.44. The monoisotopic (exact) mass is 257 g/mol. The van der Waals surface area contributed by atoms with Gasteiger partial charge in [-0.2, -0.15) is 0 Å². The second-order valence-electron chi connectivity index (χ2n) is 5.00. The number of hydrogen-bond donors (Lipinski definition) is 2. The first-order valence-electron chi connectivity index (χ1n) is 6.93. The molecule has 0 saturated carbocycles. The van der Waals surface area contributed by atoms with E-state index in [0.29, 0.717) is 13.2 Å². The number of ether oxygens (including phenoxy) is 1. The molecular formula is C13H27N3O2. The first kappa shape index (κ1) is 15.4. The summed E-state index contributed by atoms with van der Waals surface area (Å²) < 4.78 is 4.96. The number of carbonyl (C=O) groups excluding carboxylic acids is 1. The number of likely N-dealkylation sites (tertiary alicyclic amines) is 1. The van der Waals surface area contributed by atoms with Crippen LogP contribution in [0.3, 0.4) is 0 Å². The third-order valence-electron chi connectivity index (χ3n) is 3.14. The van der Waals surface area contributed by atoms with E-state index in [2.05, 4.69) is 15.5 Å². The maximum absolute atomic E-state index is 11.5. The minimum atomic E-state index is 0.0423. The summed E-state index contributed by atoms with van der Waals surface area (Å²) in [5.41, 5.74) is 0. The van der Waals surface area contributed by atoms with Gasteiger partial charge >= 0.3 is 0 Å². The Morgan fingerprint density at radius 3 is 2.78 bits per heavy atom. The SMILES string of the molecule is COCC(C)NC(=O)CNCCCN1CCCC1. The number of nitrogens with zero attached hydrogens (tertiary/aromatic N) is 1. The highest BCUT2D eigenvalue weighted by atomic mass is 16.5. The highest BCUT2D eigenvalue weighted by Crippen LogP contribution is 2.06. The molecule has 5 heteroatoms. The maximum atomic E-state index is 11.5. The van der Waals surface area contributed by atoms with E-state index in [9.17, 15) is 4.79 Å². The molecule has 0 radical (unpaired) electrons. The third-order valence-corrected chi connectivity index (χ3v) is 3.14. The van der Waals surface area contributed by atoms with Gasteiger partial charge in [-0.3, -0.25) is 4.79 Å². The lowest BCUT2D eigenvalue weighted by atomic mass is 10.3. The molecule has 0 aromatic rings. The Morgan fingerprint density at radius 2 is 2.11 bits per heavy atom. The molecule has 1 amide bonds. The summed E-state index contributed by atoms with van der Waals surface area (Å²) in [6, 6.07) is 0.0777. The molecule has 1 unspecified atom stereocenters. The molecular weight excluding hydrogens is 230 g/mol. The molecule has 1 atom stereocenters. The Kier molecular flexibility index (Phi) is 7.96. The van der Waals surface area contributed by atoms with Crippen LogP contribution in [0, 0.1) is 0 Å². The van der Waals surface area contributed by atoms with Gasteiger partial charge < -0.3 is 20.3 Å². The second kappa shape index (κ2) is 9.30. The molecule has 0 aromatic carbocycles. The molecule has 5 nitrogen and oxygen atoms in total. The fourth-order valence-corrected chi connectivity index (χ4v) is 2.25. The number of rotatable bonds is 9. The summed E-state index contributed by atoms with van der Waals surface area (Å²) in [5.74, 6) is 0.0423.